The van der Waals surface area contributed by atoms with Crippen LogP contribution < -0.4 is 4.74 Å². The molecule has 0 aromatic heterocycles. The number of hydrogen-bond acceptors (Lipinski definition) is 7. The minimum absolute atomic E-state index is 0.171. The number of rotatable bonds is 6. The van der Waals surface area contributed by atoms with Crippen LogP contribution >= 0.6 is 0 Å². The van der Waals surface area contributed by atoms with Gasteiger partial charge in [-0.15, -0.1) is 0 Å². The molecule has 1 heterocycles. The van der Waals surface area contributed by atoms with Crippen LogP contribution in [0.1, 0.15) is 11.1 Å². The molecule has 7 heteroatoms. The molecule has 0 saturated heterocycles. The van der Waals surface area contributed by atoms with Crippen LogP contribution in [0, 0.1) is 12.8 Å². The number of allylic oxidation sites excluding steroid dienone is 1. The van der Waals surface area contributed by atoms with Crippen molar-refractivity contribution in [3.8, 4) is 5.75 Å². The van der Waals surface area contributed by atoms with Crippen LogP contribution in [0.25, 0.3) is 5.76 Å². The molecule has 7 nitrogen and oxygen atoms in total. The van der Waals surface area contributed by atoms with E-state index in [0.29, 0.717) is 28.8 Å². The maximum absolute atomic E-state index is 13.0. The maximum atomic E-state index is 13.0. The molecule has 0 bridgehead atoms. The zero-order chi connectivity index (χ0) is 20.4. The summed E-state index contributed by atoms with van der Waals surface area (Å²) in [6.07, 6.45) is 0.739. The summed E-state index contributed by atoms with van der Waals surface area (Å²) in [5.41, 5.74) is 1.70. The van der Waals surface area contributed by atoms with E-state index in [0.717, 1.165) is 16.9 Å². The summed E-state index contributed by atoms with van der Waals surface area (Å²) in [7, 11) is 7.57. The Kier molecular flexibility index (Phi) is 5.53. The molecule has 0 spiro atoms. The van der Waals surface area contributed by atoms with Crippen molar-refractivity contribution in [3.05, 3.63) is 58.4 Å². The Morgan fingerprint density at radius 3 is 2.04 bits per heavy atom. The van der Waals surface area contributed by atoms with Gasteiger partial charge in [0.25, 0.3) is 0 Å². The minimum atomic E-state index is -0.733. The van der Waals surface area contributed by atoms with E-state index < -0.39 is 12.0 Å². The van der Waals surface area contributed by atoms with E-state index in [-0.39, 0.29) is 5.78 Å². The predicted octanol–water partition coefficient (Wildman–Crippen LogP) is 2.95. The Balaban J connectivity index is 2.10. The van der Waals surface area contributed by atoms with Crippen molar-refractivity contribution in [2.75, 3.05) is 35.5 Å². The lowest BCUT2D eigenvalue weighted by Gasteiger charge is -2.37. The van der Waals surface area contributed by atoms with Crippen molar-refractivity contribution >= 4 is 11.5 Å². The second-order valence-electron chi connectivity index (χ2n) is 6.31. The molecule has 0 amide bonds. The zero-order valence-corrected chi connectivity index (χ0v) is 16.8. The van der Waals surface area contributed by atoms with E-state index in [4.69, 9.17) is 28.4 Å². The molecule has 2 atom stereocenters. The van der Waals surface area contributed by atoms with Crippen molar-refractivity contribution in [1.82, 2.24) is 0 Å². The van der Waals surface area contributed by atoms with Gasteiger partial charge in [-0.05, 0) is 30.7 Å². The number of hydrogen-bond donors (Lipinski definition) is 0. The fourth-order valence-corrected chi connectivity index (χ4v) is 3.57. The van der Waals surface area contributed by atoms with Crippen LogP contribution in [-0.4, -0.2) is 47.4 Å². The highest BCUT2D eigenvalue weighted by Crippen LogP contribution is 2.43. The largest absolute Gasteiger partial charge is 0.496 e. The molecule has 0 radical (unpaired) electrons. The molecule has 2 aliphatic rings. The van der Waals surface area contributed by atoms with Crippen molar-refractivity contribution in [3.63, 3.8) is 0 Å². The van der Waals surface area contributed by atoms with Crippen molar-refractivity contribution in [2.24, 2.45) is 5.92 Å². The molecule has 1 aromatic rings. The van der Waals surface area contributed by atoms with E-state index in [1.54, 1.807) is 7.11 Å². The first-order valence-corrected chi connectivity index (χ1v) is 8.72. The van der Waals surface area contributed by atoms with Crippen LogP contribution in [0.5, 0.6) is 5.75 Å². The topological polar surface area (TPSA) is 72.5 Å². The Bertz CT molecular complexity index is 879. The molecule has 2 unspecified atom stereocenters. The normalized spacial score (nSPS) is 21.5. The highest BCUT2D eigenvalue weighted by Gasteiger charge is 2.48. The van der Waals surface area contributed by atoms with E-state index in [9.17, 15) is 4.79 Å². The average Bonchev–Trinajstić information content (AvgIpc) is 2.71. The first-order valence-electron chi connectivity index (χ1n) is 8.72. The third-order valence-electron chi connectivity index (χ3n) is 4.86. The lowest BCUT2D eigenvalue weighted by molar-refractivity contribution is -0.123. The van der Waals surface area contributed by atoms with Gasteiger partial charge in [0, 0.05) is 11.6 Å². The number of benzene rings is 1. The maximum Gasteiger partial charge on any atom is 0.206 e. The van der Waals surface area contributed by atoms with Crippen molar-refractivity contribution in [1.29, 1.82) is 0 Å². The van der Waals surface area contributed by atoms with Gasteiger partial charge >= 0.3 is 0 Å². The number of methoxy groups -OCH3 is 5. The summed E-state index contributed by atoms with van der Waals surface area (Å²) < 4.78 is 33.4. The Morgan fingerprint density at radius 1 is 0.857 bits per heavy atom. The number of ketones is 1. The first kappa shape index (κ1) is 19.7. The molecule has 1 aromatic carbocycles. The Labute approximate surface area is 164 Å². The highest BCUT2D eigenvalue weighted by atomic mass is 16.6. The second kappa shape index (κ2) is 7.88. The summed E-state index contributed by atoms with van der Waals surface area (Å²) in [4.78, 5) is 13.0. The fourth-order valence-electron chi connectivity index (χ4n) is 3.57. The monoisotopic (exact) mass is 388 g/mol. The van der Waals surface area contributed by atoms with Crippen LogP contribution in [0.4, 0.5) is 0 Å². The summed E-state index contributed by atoms with van der Waals surface area (Å²) in [5.74, 6) is 1.67. The van der Waals surface area contributed by atoms with Gasteiger partial charge in [-0.2, -0.15) is 0 Å². The van der Waals surface area contributed by atoms with Gasteiger partial charge in [0.05, 0.1) is 35.5 Å². The van der Waals surface area contributed by atoms with Crippen LogP contribution in [0.15, 0.2) is 47.3 Å². The number of aryl methyl sites for hydroxylation is 1. The predicted molar refractivity (Wildman–Crippen MR) is 101 cm³/mol. The van der Waals surface area contributed by atoms with Crippen molar-refractivity contribution < 1.29 is 33.2 Å². The molecule has 28 heavy (non-hydrogen) atoms. The summed E-state index contributed by atoms with van der Waals surface area (Å²) in [6, 6.07) is 5.58. The van der Waals surface area contributed by atoms with Gasteiger partial charge < -0.3 is 28.4 Å². The first-order chi connectivity index (χ1) is 13.5. The summed E-state index contributed by atoms with van der Waals surface area (Å²) in [5, 5.41) is 0. The molecule has 150 valence electrons. The quantitative estimate of drug-likeness (QED) is 0.742. The van der Waals surface area contributed by atoms with Gasteiger partial charge in [-0.25, -0.2) is 0 Å². The Hall–Kier alpha value is -3.09. The molecular weight excluding hydrogens is 364 g/mol. The molecule has 1 aliphatic heterocycles. The van der Waals surface area contributed by atoms with Gasteiger partial charge in [0.1, 0.15) is 17.4 Å². The lowest BCUT2D eigenvalue weighted by atomic mass is 9.85. The average molecular weight is 388 g/mol. The van der Waals surface area contributed by atoms with Gasteiger partial charge in [0.15, 0.2) is 23.4 Å². The number of ether oxygens (including phenoxy) is 6. The van der Waals surface area contributed by atoms with Crippen LogP contribution in [-0.2, 0) is 28.5 Å². The van der Waals surface area contributed by atoms with Gasteiger partial charge in [0.2, 0.25) is 11.5 Å². The number of fused-ring (bicyclic) bond motifs is 1. The van der Waals surface area contributed by atoms with E-state index in [1.165, 1.54) is 34.5 Å². The van der Waals surface area contributed by atoms with E-state index in [2.05, 4.69) is 0 Å². The Morgan fingerprint density at radius 2 is 1.50 bits per heavy atom. The lowest BCUT2D eigenvalue weighted by Crippen LogP contribution is -2.41. The third-order valence-corrected chi connectivity index (χ3v) is 4.86. The second-order valence-corrected chi connectivity index (χ2v) is 6.31. The third kappa shape index (κ3) is 3.06. The van der Waals surface area contributed by atoms with Crippen molar-refractivity contribution in [2.45, 2.75) is 13.0 Å². The van der Waals surface area contributed by atoms with E-state index >= 15 is 0 Å². The molecular formula is C21H24O7. The zero-order valence-electron chi connectivity index (χ0n) is 16.8. The van der Waals surface area contributed by atoms with Crippen LogP contribution in [0.2, 0.25) is 0 Å². The van der Waals surface area contributed by atoms with Gasteiger partial charge in [-0.1, -0.05) is 0 Å². The molecule has 0 saturated carbocycles. The molecule has 3 rings (SSSR count). The molecule has 0 N–H and O–H groups in total. The smallest absolute Gasteiger partial charge is 0.206 e. The van der Waals surface area contributed by atoms with E-state index in [1.807, 2.05) is 25.1 Å². The fraction of sp³-hybridized carbons (Fsp3) is 0.381. The highest BCUT2D eigenvalue weighted by molar-refractivity contribution is 6.01. The number of carbonyl (C=O) groups excluding carboxylic acids is 1. The SMILES string of the molecule is COC1=C(OC)C2OC(c3ccc(OC)c(C)c3)=CC(=O)C2C(OC)=C1OC. The summed E-state index contributed by atoms with van der Waals surface area (Å²) in [6.45, 7) is 1.93. The number of carbonyl (C=O) groups is 1. The van der Waals surface area contributed by atoms with Crippen LogP contribution in [0.3, 0.4) is 0 Å². The summed E-state index contributed by atoms with van der Waals surface area (Å²) >= 11 is 0. The standard InChI is InChI=1S/C21H24O7/c1-11-9-12(7-8-14(11)23-2)15-10-13(22)16-17(24-3)19(25-4)21(27-6)20(26-5)18(16)28-15/h7-10,16,18H,1-6H3. The molecule has 0 fully saturated rings. The molecule has 1 aliphatic carbocycles. The minimum Gasteiger partial charge on any atom is -0.496 e. The van der Waals surface area contributed by atoms with Gasteiger partial charge in [-0.3, -0.25) is 4.79 Å².